The number of para-hydroxylation sites is 1. The lowest BCUT2D eigenvalue weighted by atomic mass is 10.00. The summed E-state index contributed by atoms with van der Waals surface area (Å²) in [6, 6.07) is 9.92. The molecule has 122 valence electrons. The topological polar surface area (TPSA) is 61.8 Å². The molecular formula is C17H26N2O3. The van der Waals surface area contributed by atoms with Crippen LogP contribution in [0.2, 0.25) is 0 Å². The molecule has 1 aromatic rings. The number of benzene rings is 1. The average Bonchev–Trinajstić information content (AvgIpc) is 2.55. The van der Waals surface area contributed by atoms with Crippen molar-refractivity contribution in [2.24, 2.45) is 0 Å². The number of nitrogens with zero attached hydrogens (tertiary/aromatic N) is 1. The van der Waals surface area contributed by atoms with Gasteiger partial charge in [0.25, 0.3) is 0 Å². The molecule has 1 heterocycles. The highest BCUT2D eigenvalue weighted by Crippen LogP contribution is 2.18. The number of nitrogens with one attached hydrogen (secondary N) is 1. The van der Waals surface area contributed by atoms with Crippen LogP contribution < -0.4 is 10.1 Å². The average molecular weight is 306 g/mol. The second-order valence-corrected chi connectivity index (χ2v) is 5.64. The van der Waals surface area contributed by atoms with E-state index in [0.29, 0.717) is 25.7 Å². The highest BCUT2D eigenvalue weighted by atomic mass is 16.5. The SMILES string of the molecule is O=C(CN1CCCCC1CCO)NCCOc1ccccc1. The number of rotatable bonds is 8. The van der Waals surface area contributed by atoms with Gasteiger partial charge >= 0.3 is 0 Å². The molecule has 1 unspecified atom stereocenters. The van der Waals surface area contributed by atoms with Crippen LogP contribution >= 0.6 is 0 Å². The van der Waals surface area contributed by atoms with Crippen molar-refractivity contribution in [1.82, 2.24) is 10.2 Å². The van der Waals surface area contributed by atoms with E-state index in [1.54, 1.807) is 0 Å². The molecule has 1 aliphatic rings. The number of aliphatic hydroxyl groups excluding tert-OH is 1. The summed E-state index contributed by atoms with van der Waals surface area (Å²) >= 11 is 0. The normalized spacial score (nSPS) is 18.9. The number of piperidine rings is 1. The van der Waals surface area contributed by atoms with Crippen LogP contribution in [-0.2, 0) is 4.79 Å². The Morgan fingerprint density at radius 3 is 2.91 bits per heavy atom. The van der Waals surface area contributed by atoms with Crippen molar-refractivity contribution in [1.29, 1.82) is 0 Å². The third-order valence-corrected chi connectivity index (χ3v) is 3.99. The Labute approximate surface area is 132 Å². The molecule has 2 N–H and O–H groups in total. The van der Waals surface area contributed by atoms with Crippen molar-refractivity contribution >= 4 is 5.91 Å². The molecular weight excluding hydrogens is 280 g/mol. The van der Waals surface area contributed by atoms with Crippen molar-refractivity contribution in [3.8, 4) is 5.75 Å². The second-order valence-electron chi connectivity index (χ2n) is 5.64. The Bertz CT molecular complexity index is 437. The van der Waals surface area contributed by atoms with Crippen LogP contribution in [0.4, 0.5) is 0 Å². The van der Waals surface area contributed by atoms with Crippen LogP contribution in [-0.4, -0.2) is 54.8 Å². The fourth-order valence-corrected chi connectivity index (χ4v) is 2.86. The number of carbonyl (C=O) groups excluding carboxylic acids is 1. The maximum atomic E-state index is 12.0. The van der Waals surface area contributed by atoms with Gasteiger partial charge in [-0.3, -0.25) is 9.69 Å². The number of aliphatic hydroxyl groups is 1. The fourth-order valence-electron chi connectivity index (χ4n) is 2.86. The first-order chi connectivity index (χ1) is 10.8. The predicted molar refractivity (Wildman–Crippen MR) is 85.9 cm³/mol. The van der Waals surface area contributed by atoms with Gasteiger partial charge in [0.2, 0.25) is 5.91 Å². The lowest BCUT2D eigenvalue weighted by Crippen LogP contribution is -2.46. The van der Waals surface area contributed by atoms with Gasteiger partial charge in [-0.2, -0.15) is 0 Å². The zero-order chi connectivity index (χ0) is 15.6. The fraction of sp³-hybridized carbons (Fsp3) is 0.588. The lowest BCUT2D eigenvalue weighted by Gasteiger charge is -2.34. The van der Waals surface area contributed by atoms with Crippen molar-refractivity contribution < 1.29 is 14.6 Å². The molecule has 0 aliphatic carbocycles. The third kappa shape index (κ3) is 5.66. The zero-order valence-corrected chi connectivity index (χ0v) is 13.0. The van der Waals surface area contributed by atoms with Crippen LogP contribution in [0.15, 0.2) is 30.3 Å². The minimum atomic E-state index is 0.0292. The minimum absolute atomic E-state index is 0.0292. The van der Waals surface area contributed by atoms with Crippen LogP contribution in [0.25, 0.3) is 0 Å². The maximum Gasteiger partial charge on any atom is 0.234 e. The molecule has 0 spiro atoms. The molecule has 1 aliphatic heterocycles. The molecule has 0 bridgehead atoms. The highest BCUT2D eigenvalue weighted by molar-refractivity contribution is 5.78. The Morgan fingerprint density at radius 1 is 1.32 bits per heavy atom. The van der Waals surface area contributed by atoms with Crippen molar-refractivity contribution in [2.75, 3.05) is 32.8 Å². The molecule has 1 saturated heterocycles. The van der Waals surface area contributed by atoms with E-state index < -0.39 is 0 Å². The summed E-state index contributed by atoms with van der Waals surface area (Å²) in [7, 11) is 0. The van der Waals surface area contributed by atoms with E-state index >= 15 is 0 Å². The molecule has 2 rings (SSSR count). The number of ether oxygens (including phenoxy) is 1. The van der Waals surface area contributed by atoms with Gasteiger partial charge < -0.3 is 15.2 Å². The van der Waals surface area contributed by atoms with Gasteiger partial charge in [0, 0.05) is 12.6 Å². The highest BCUT2D eigenvalue weighted by Gasteiger charge is 2.23. The van der Waals surface area contributed by atoms with E-state index in [2.05, 4.69) is 10.2 Å². The van der Waals surface area contributed by atoms with E-state index in [-0.39, 0.29) is 12.5 Å². The molecule has 1 fully saturated rings. The number of hydrogen-bond acceptors (Lipinski definition) is 4. The second kappa shape index (κ2) is 9.43. The lowest BCUT2D eigenvalue weighted by molar-refractivity contribution is -0.123. The molecule has 0 aromatic heterocycles. The van der Waals surface area contributed by atoms with Crippen molar-refractivity contribution in [2.45, 2.75) is 31.7 Å². The van der Waals surface area contributed by atoms with Gasteiger partial charge in [-0.15, -0.1) is 0 Å². The molecule has 5 nitrogen and oxygen atoms in total. The van der Waals surface area contributed by atoms with Gasteiger partial charge in [-0.25, -0.2) is 0 Å². The Hall–Kier alpha value is -1.59. The quantitative estimate of drug-likeness (QED) is 0.713. The molecule has 1 atom stereocenters. The van der Waals surface area contributed by atoms with Gasteiger partial charge in [-0.05, 0) is 37.9 Å². The van der Waals surface area contributed by atoms with Crippen LogP contribution in [0.1, 0.15) is 25.7 Å². The zero-order valence-electron chi connectivity index (χ0n) is 13.0. The van der Waals surface area contributed by atoms with Gasteiger partial charge in [0.05, 0.1) is 13.1 Å². The summed E-state index contributed by atoms with van der Waals surface area (Å²) in [5.41, 5.74) is 0. The predicted octanol–water partition coefficient (Wildman–Crippen LogP) is 1.42. The first kappa shape index (κ1) is 16.8. The maximum absolute atomic E-state index is 12.0. The summed E-state index contributed by atoms with van der Waals surface area (Å²) in [5.74, 6) is 0.845. The van der Waals surface area contributed by atoms with E-state index in [9.17, 15) is 4.79 Å². The number of likely N-dealkylation sites (tertiary alicyclic amines) is 1. The monoisotopic (exact) mass is 306 g/mol. The van der Waals surface area contributed by atoms with Crippen molar-refractivity contribution in [3.63, 3.8) is 0 Å². The Morgan fingerprint density at radius 2 is 2.14 bits per heavy atom. The summed E-state index contributed by atoms with van der Waals surface area (Å²) in [6.45, 7) is 2.52. The molecule has 0 radical (unpaired) electrons. The molecule has 1 aromatic carbocycles. The first-order valence-electron chi connectivity index (χ1n) is 8.09. The first-order valence-corrected chi connectivity index (χ1v) is 8.09. The van der Waals surface area contributed by atoms with E-state index in [0.717, 1.165) is 31.6 Å². The number of amides is 1. The van der Waals surface area contributed by atoms with Gasteiger partial charge in [0.15, 0.2) is 0 Å². The largest absolute Gasteiger partial charge is 0.492 e. The minimum Gasteiger partial charge on any atom is -0.492 e. The smallest absolute Gasteiger partial charge is 0.234 e. The number of hydrogen-bond donors (Lipinski definition) is 2. The summed E-state index contributed by atoms with van der Waals surface area (Å²) in [5, 5.41) is 12.0. The van der Waals surface area contributed by atoms with Crippen LogP contribution in [0.3, 0.4) is 0 Å². The van der Waals surface area contributed by atoms with Crippen LogP contribution in [0, 0.1) is 0 Å². The molecule has 22 heavy (non-hydrogen) atoms. The molecule has 5 heteroatoms. The van der Waals surface area contributed by atoms with E-state index in [4.69, 9.17) is 9.84 Å². The molecule has 0 saturated carbocycles. The summed E-state index contributed by atoms with van der Waals surface area (Å²) in [4.78, 5) is 14.2. The number of carbonyl (C=O) groups is 1. The van der Waals surface area contributed by atoms with E-state index in [1.807, 2.05) is 30.3 Å². The summed E-state index contributed by atoms with van der Waals surface area (Å²) < 4.78 is 5.54. The Kier molecular flexibility index (Phi) is 7.19. The summed E-state index contributed by atoms with van der Waals surface area (Å²) in [6.07, 6.45) is 4.15. The van der Waals surface area contributed by atoms with Crippen molar-refractivity contribution in [3.05, 3.63) is 30.3 Å². The van der Waals surface area contributed by atoms with Gasteiger partial charge in [0.1, 0.15) is 12.4 Å². The standard InChI is InChI=1S/C17H26N2O3/c20-12-9-15-6-4-5-11-19(15)14-17(21)18-10-13-22-16-7-2-1-3-8-16/h1-3,7-8,15,20H,4-6,9-14H2,(H,18,21). The molecule has 1 amide bonds. The van der Waals surface area contributed by atoms with E-state index in [1.165, 1.54) is 6.42 Å². The van der Waals surface area contributed by atoms with Crippen LogP contribution in [0.5, 0.6) is 5.75 Å². The van der Waals surface area contributed by atoms with Gasteiger partial charge in [-0.1, -0.05) is 24.6 Å². The third-order valence-electron chi connectivity index (χ3n) is 3.99. The Balaban J connectivity index is 1.64.